The van der Waals surface area contributed by atoms with Gasteiger partial charge < -0.3 is 15.1 Å². The number of carbonyl (C=O) groups excluding carboxylic acids is 1. The summed E-state index contributed by atoms with van der Waals surface area (Å²) in [6.07, 6.45) is 9.03. The molecule has 3 heterocycles. The Morgan fingerprint density at radius 2 is 2.00 bits per heavy atom. The maximum atomic E-state index is 12.6. The van der Waals surface area contributed by atoms with Crippen molar-refractivity contribution in [1.29, 1.82) is 0 Å². The fraction of sp³-hybridized carbons (Fsp3) is 0.682. The first-order chi connectivity index (χ1) is 15.2. The summed E-state index contributed by atoms with van der Waals surface area (Å²) in [5.74, 6) is 1.54. The van der Waals surface area contributed by atoms with E-state index in [4.69, 9.17) is 11.6 Å². The maximum Gasteiger partial charge on any atom is 0.251 e. The smallest absolute Gasteiger partial charge is 0.251 e. The van der Waals surface area contributed by atoms with Crippen LogP contribution < -0.4 is 10.2 Å². The van der Waals surface area contributed by atoms with Crippen LogP contribution in [0, 0.1) is 12.8 Å². The van der Waals surface area contributed by atoms with Crippen LogP contribution in [0.5, 0.6) is 0 Å². The third-order valence-electron chi connectivity index (χ3n) is 5.99. The van der Waals surface area contributed by atoms with E-state index in [2.05, 4.69) is 24.5 Å². The van der Waals surface area contributed by atoms with Crippen molar-refractivity contribution in [2.24, 2.45) is 10.3 Å². The predicted octanol–water partition coefficient (Wildman–Crippen LogP) is 3.00. The van der Waals surface area contributed by atoms with E-state index >= 15 is 0 Å². The van der Waals surface area contributed by atoms with Crippen molar-refractivity contribution in [3.63, 3.8) is 0 Å². The summed E-state index contributed by atoms with van der Waals surface area (Å²) in [6.45, 7) is 5.57. The summed E-state index contributed by atoms with van der Waals surface area (Å²) < 4.78 is 27.2. The molecule has 1 aromatic rings. The van der Waals surface area contributed by atoms with Gasteiger partial charge in [-0.25, -0.2) is 13.4 Å². The number of amidine groups is 1. The van der Waals surface area contributed by atoms with Gasteiger partial charge in [0.15, 0.2) is 0 Å². The number of aryl methyl sites for hydroxylation is 1. The van der Waals surface area contributed by atoms with Crippen LogP contribution in [-0.4, -0.2) is 69.0 Å². The molecule has 178 valence electrons. The molecule has 10 heteroatoms. The molecule has 0 radical (unpaired) electrons. The van der Waals surface area contributed by atoms with Crippen LogP contribution >= 0.6 is 11.6 Å². The molecule has 2 aliphatic rings. The van der Waals surface area contributed by atoms with Gasteiger partial charge in [0.2, 0.25) is 5.91 Å². The number of hydrogen-bond acceptors (Lipinski definition) is 5. The number of sulfonamides is 1. The van der Waals surface area contributed by atoms with Crippen molar-refractivity contribution in [1.82, 2.24) is 15.2 Å². The number of nitrogens with zero attached hydrogens (tertiary/aromatic N) is 4. The standard InChI is InChI=1S/C22H34ClN5O3S/c1-17-15-19(23)21(25-16-17)28-13-8-18(9-14-28)22(29)24-10-6-12-27-11-5-3-4-7-20(27)26-32(2,30)31/h15-16,18H,3-14H2,1-2H3,(H,24,29)/b26-20+. The van der Waals surface area contributed by atoms with Gasteiger partial charge in [-0.2, -0.15) is 4.40 Å². The number of carbonyl (C=O) groups is 1. The zero-order valence-electron chi connectivity index (χ0n) is 19.0. The summed E-state index contributed by atoms with van der Waals surface area (Å²) in [5, 5.41) is 3.71. The molecule has 0 spiro atoms. The number of nitrogens with one attached hydrogen (secondary N) is 1. The molecule has 1 amide bonds. The Balaban J connectivity index is 1.43. The van der Waals surface area contributed by atoms with Crippen molar-refractivity contribution in [3.05, 3.63) is 22.8 Å². The minimum Gasteiger partial charge on any atom is -0.359 e. The molecule has 0 saturated carbocycles. The molecule has 0 unspecified atom stereocenters. The topological polar surface area (TPSA) is 95.0 Å². The number of anilines is 1. The molecule has 0 aliphatic carbocycles. The number of hydrogen-bond donors (Lipinski definition) is 1. The Kier molecular flexibility index (Phi) is 8.76. The lowest BCUT2D eigenvalue weighted by molar-refractivity contribution is -0.125. The fourth-order valence-electron chi connectivity index (χ4n) is 4.32. The molecular weight excluding hydrogens is 450 g/mol. The molecule has 0 atom stereocenters. The van der Waals surface area contributed by atoms with Crippen LogP contribution in [0.1, 0.15) is 50.5 Å². The van der Waals surface area contributed by atoms with Crippen molar-refractivity contribution < 1.29 is 13.2 Å². The monoisotopic (exact) mass is 483 g/mol. The Morgan fingerprint density at radius 3 is 2.69 bits per heavy atom. The van der Waals surface area contributed by atoms with E-state index in [0.29, 0.717) is 30.4 Å². The van der Waals surface area contributed by atoms with Crippen LogP contribution in [0.25, 0.3) is 0 Å². The minimum atomic E-state index is -3.40. The largest absolute Gasteiger partial charge is 0.359 e. The summed E-state index contributed by atoms with van der Waals surface area (Å²) in [5.41, 5.74) is 1.03. The molecule has 2 fully saturated rings. The number of rotatable bonds is 7. The third-order valence-corrected chi connectivity index (χ3v) is 6.81. The first kappa shape index (κ1) is 24.8. The van der Waals surface area contributed by atoms with Gasteiger partial charge in [-0.3, -0.25) is 4.79 Å². The number of likely N-dealkylation sites (tertiary alicyclic amines) is 1. The predicted molar refractivity (Wildman–Crippen MR) is 129 cm³/mol. The molecule has 8 nitrogen and oxygen atoms in total. The Labute approximate surface area is 196 Å². The van der Waals surface area contributed by atoms with Crippen LogP contribution in [0.2, 0.25) is 5.02 Å². The number of pyridine rings is 1. The number of piperidine rings is 1. The van der Waals surface area contributed by atoms with Gasteiger partial charge in [0.05, 0.1) is 11.3 Å². The molecule has 1 N–H and O–H groups in total. The van der Waals surface area contributed by atoms with Crippen molar-refractivity contribution in [2.45, 2.75) is 51.9 Å². The Bertz CT molecular complexity index is 929. The van der Waals surface area contributed by atoms with Crippen molar-refractivity contribution in [3.8, 4) is 0 Å². The van der Waals surface area contributed by atoms with Gasteiger partial charge >= 0.3 is 0 Å². The molecule has 1 aromatic heterocycles. The molecule has 3 rings (SSSR count). The van der Waals surface area contributed by atoms with E-state index in [1.54, 1.807) is 0 Å². The molecule has 2 saturated heterocycles. The summed E-state index contributed by atoms with van der Waals surface area (Å²) in [7, 11) is -3.40. The van der Waals surface area contributed by atoms with E-state index in [0.717, 1.165) is 75.8 Å². The second-order valence-electron chi connectivity index (χ2n) is 8.76. The van der Waals surface area contributed by atoms with Gasteiger partial charge in [-0.1, -0.05) is 18.0 Å². The van der Waals surface area contributed by atoms with Gasteiger partial charge in [0.25, 0.3) is 10.0 Å². The highest BCUT2D eigenvalue weighted by Crippen LogP contribution is 2.28. The van der Waals surface area contributed by atoms with Crippen molar-refractivity contribution in [2.75, 3.05) is 43.9 Å². The quantitative estimate of drug-likeness (QED) is 0.599. The van der Waals surface area contributed by atoms with E-state index in [1.165, 1.54) is 0 Å². The molecule has 0 aromatic carbocycles. The molecule has 2 aliphatic heterocycles. The van der Waals surface area contributed by atoms with Gasteiger partial charge in [0, 0.05) is 51.3 Å². The normalized spacial score (nSPS) is 19.8. The second kappa shape index (κ2) is 11.3. The van der Waals surface area contributed by atoms with Gasteiger partial charge in [-0.05, 0) is 50.7 Å². The molecule has 32 heavy (non-hydrogen) atoms. The number of aromatic nitrogens is 1. The van der Waals surface area contributed by atoms with E-state index in [1.807, 2.05) is 19.2 Å². The summed E-state index contributed by atoms with van der Waals surface area (Å²) >= 11 is 6.34. The SMILES string of the molecule is Cc1cnc(N2CCC(C(=O)NCCCN3CCCCC/C3=N\S(C)(=O)=O)CC2)c(Cl)c1. The number of halogens is 1. The maximum absolute atomic E-state index is 12.6. The first-order valence-corrected chi connectivity index (χ1v) is 13.6. The van der Waals surface area contributed by atoms with Crippen LogP contribution in [0.15, 0.2) is 16.7 Å². The second-order valence-corrected chi connectivity index (χ2v) is 10.8. The van der Waals surface area contributed by atoms with Gasteiger partial charge in [0.1, 0.15) is 11.7 Å². The highest BCUT2D eigenvalue weighted by Gasteiger charge is 2.26. The van der Waals surface area contributed by atoms with E-state index < -0.39 is 10.0 Å². The first-order valence-electron chi connectivity index (χ1n) is 11.4. The van der Waals surface area contributed by atoms with E-state index in [-0.39, 0.29) is 11.8 Å². The highest BCUT2D eigenvalue weighted by molar-refractivity contribution is 7.89. The van der Waals surface area contributed by atoms with Crippen LogP contribution in [0.4, 0.5) is 5.82 Å². The summed E-state index contributed by atoms with van der Waals surface area (Å²) in [6, 6.07) is 1.92. The fourth-order valence-corrected chi connectivity index (χ4v) is 5.25. The van der Waals surface area contributed by atoms with Crippen molar-refractivity contribution >= 4 is 39.2 Å². The van der Waals surface area contributed by atoms with E-state index in [9.17, 15) is 13.2 Å². The third kappa shape index (κ3) is 7.33. The Hall–Kier alpha value is -1.87. The molecular formula is C22H34ClN5O3S. The lowest BCUT2D eigenvalue weighted by atomic mass is 9.96. The zero-order valence-corrected chi connectivity index (χ0v) is 20.6. The molecule has 0 bridgehead atoms. The lowest BCUT2D eigenvalue weighted by Crippen LogP contribution is -2.41. The number of amides is 1. The van der Waals surface area contributed by atoms with Crippen LogP contribution in [-0.2, 0) is 14.8 Å². The highest BCUT2D eigenvalue weighted by atomic mass is 35.5. The lowest BCUT2D eigenvalue weighted by Gasteiger charge is -2.32. The van der Waals surface area contributed by atoms with Crippen LogP contribution in [0.3, 0.4) is 0 Å². The van der Waals surface area contributed by atoms with Gasteiger partial charge in [-0.15, -0.1) is 0 Å². The summed E-state index contributed by atoms with van der Waals surface area (Å²) in [4.78, 5) is 21.3. The zero-order chi connectivity index (χ0) is 23.1. The average molecular weight is 484 g/mol. The Morgan fingerprint density at radius 1 is 1.25 bits per heavy atom. The average Bonchev–Trinajstić information content (AvgIpc) is 2.95. The minimum absolute atomic E-state index is 0.00369.